The number of hydrogen-bond donors (Lipinski definition) is 1. The maximum atomic E-state index is 13.1. The highest BCUT2D eigenvalue weighted by atomic mass is 32.2. The first-order valence-electron chi connectivity index (χ1n) is 10.3. The molecule has 2 aromatic carbocycles. The Balaban J connectivity index is 1.69. The lowest BCUT2D eigenvalue weighted by Gasteiger charge is -2.34. The maximum absolute atomic E-state index is 13.1. The molecule has 0 spiro atoms. The van der Waals surface area contributed by atoms with E-state index in [9.17, 15) is 4.79 Å². The predicted octanol–water partition coefficient (Wildman–Crippen LogP) is 3.87. The van der Waals surface area contributed by atoms with Gasteiger partial charge in [-0.25, -0.2) is 5.01 Å². The van der Waals surface area contributed by atoms with Gasteiger partial charge in [0.25, 0.3) is 5.91 Å². The summed E-state index contributed by atoms with van der Waals surface area (Å²) in [4.78, 5) is 19.2. The van der Waals surface area contributed by atoms with Crippen LogP contribution in [0.3, 0.4) is 0 Å². The number of para-hydroxylation sites is 1. The summed E-state index contributed by atoms with van der Waals surface area (Å²) < 4.78 is 0. The fourth-order valence-corrected chi connectivity index (χ4v) is 4.84. The molecule has 0 bridgehead atoms. The van der Waals surface area contributed by atoms with Crippen molar-refractivity contribution in [1.29, 1.82) is 0 Å². The third-order valence-electron chi connectivity index (χ3n) is 5.17. The first kappa shape index (κ1) is 21.0. The van der Waals surface area contributed by atoms with Gasteiger partial charge in [-0.2, -0.15) is 0 Å². The number of hydrogen-bond acceptors (Lipinski definition) is 6. The van der Waals surface area contributed by atoms with Crippen LogP contribution in [0.4, 0.5) is 0 Å². The Hall–Kier alpha value is -2.25. The van der Waals surface area contributed by atoms with Crippen LogP contribution in [0.25, 0.3) is 5.70 Å². The van der Waals surface area contributed by atoms with Crippen molar-refractivity contribution in [2.75, 3.05) is 12.0 Å². The first-order chi connectivity index (χ1) is 14.7. The zero-order valence-corrected chi connectivity index (χ0v) is 18.9. The fraction of sp³-hybridized carbons (Fsp3) is 0.348. The van der Waals surface area contributed by atoms with Crippen molar-refractivity contribution in [3.8, 4) is 0 Å². The van der Waals surface area contributed by atoms with E-state index < -0.39 is 0 Å². The molecule has 0 fully saturated rings. The van der Waals surface area contributed by atoms with Crippen molar-refractivity contribution in [2.24, 2.45) is 10.1 Å². The zero-order valence-electron chi connectivity index (χ0n) is 17.3. The molecule has 2 aliphatic rings. The van der Waals surface area contributed by atoms with Crippen LogP contribution in [0.5, 0.6) is 0 Å². The molecule has 30 heavy (non-hydrogen) atoms. The van der Waals surface area contributed by atoms with Crippen LogP contribution in [0, 0.1) is 0 Å². The summed E-state index contributed by atoms with van der Waals surface area (Å²) >= 11 is 3.32. The molecular weight excluding hydrogens is 412 g/mol. The van der Waals surface area contributed by atoms with E-state index in [0.717, 1.165) is 28.3 Å². The molecule has 0 aromatic heterocycles. The van der Waals surface area contributed by atoms with Crippen LogP contribution in [-0.4, -0.2) is 28.1 Å². The molecule has 5 nitrogen and oxygen atoms in total. The average Bonchev–Trinajstić information content (AvgIpc) is 2.78. The highest BCUT2D eigenvalue weighted by Crippen LogP contribution is 2.31. The summed E-state index contributed by atoms with van der Waals surface area (Å²) in [5.74, 6) is 0.831. The highest BCUT2D eigenvalue weighted by molar-refractivity contribution is 8.13. The minimum absolute atomic E-state index is 0.117. The molecule has 4 rings (SSSR count). The third-order valence-corrected chi connectivity index (χ3v) is 6.86. The zero-order chi connectivity index (χ0) is 20.9. The number of amidine groups is 1. The van der Waals surface area contributed by atoms with Gasteiger partial charge in [-0.15, -0.1) is 16.9 Å². The Bertz CT molecular complexity index is 1070. The van der Waals surface area contributed by atoms with Crippen molar-refractivity contribution in [3.63, 3.8) is 0 Å². The molecule has 2 aromatic rings. The monoisotopic (exact) mass is 438 g/mol. The van der Waals surface area contributed by atoms with Crippen LogP contribution in [0.15, 0.2) is 63.5 Å². The largest absolute Gasteiger partial charge is 0.298 e. The molecule has 2 aliphatic heterocycles. The molecule has 1 atom stereocenters. The molecule has 0 saturated heterocycles. The van der Waals surface area contributed by atoms with Crippen molar-refractivity contribution in [3.05, 3.63) is 64.7 Å². The van der Waals surface area contributed by atoms with E-state index in [-0.39, 0.29) is 12.1 Å². The number of thioether (sulfide) groups is 2. The second-order valence-corrected chi connectivity index (χ2v) is 9.22. The first-order valence-corrected chi connectivity index (χ1v) is 12.6. The standard InChI is InChI=1S/C23H26N4OS2/c1-3-4-5-8-15-30-23-25-22(28)20-18-9-6-7-10-19(18)24-21(27(20)26-23)16-11-13-17(29-2)14-12-16/h6-7,9-14,21H,3-5,8,15H2,1-2H3,(H,25,26,28)/t21-/m0/s1. The molecule has 0 saturated carbocycles. The Morgan fingerprint density at radius 3 is 2.63 bits per heavy atom. The lowest BCUT2D eigenvalue weighted by Crippen LogP contribution is -2.50. The van der Waals surface area contributed by atoms with Crippen LogP contribution in [-0.2, 0) is 4.79 Å². The smallest absolute Gasteiger partial charge is 0.276 e. The van der Waals surface area contributed by atoms with Gasteiger partial charge in [0.05, 0.1) is 5.36 Å². The Kier molecular flexibility index (Phi) is 6.79. The molecule has 7 heteroatoms. The topological polar surface area (TPSA) is 57.1 Å². The van der Waals surface area contributed by atoms with Crippen LogP contribution in [0.2, 0.25) is 0 Å². The van der Waals surface area contributed by atoms with Gasteiger partial charge in [0, 0.05) is 15.9 Å². The van der Waals surface area contributed by atoms with E-state index >= 15 is 0 Å². The van der Waals surface area contributed by atoms with Crippen LogP contribution < -0.4 is 15.9 Å². The summed E-state index contributed by atoms with van der Waals surface area (Å²) in [5, 5.41) is 11.9. The molecule has 1 N–H and O–H groups in total. The molecule has 156 valence electrons. The van der Waals surface area contributed by atoms with Crippen LogP contribution >= 0.6 is 23.5 Å². The Labute approximate surface area is 185 Å². The van der Waals surface area contributed by atoms with Crippen molar-refractivity contribution >= 4 is 40.3 Å². The Morgan fingerprint density at radius 2 is 1.87 bits per heavy atom. The Morgan fingerprint density at radius 1 is 1.07 bits per heavy atom. The van der Waals surface area contributed by atoms with Gasteiger partial charge in [0.15, 0.2) is 11.3 Å². The second-order valence-electron chi connectivity index (χ2n) is 7.25. The quantitative estimate of drug-likeness (QED) is 0.527. The number of fused-ring (bicyclic) bond motifs is 2. The summed E-state index contributed by atoms with van der Waals surface area (Å²) in [6, 6.07) is 16.1. The second kappa shape index (κ2) is 9.71. The number of nitrogens with zero attached hydrogens (tertiary/aromatic N) is 3. The SMILES string of the molecule is CCCCCCSC1=NN2C(=c3ccccc3=N[C@@H]2c2ccc(SC)cc2)C(=O)N1. The van der Waals surface area contributed by atoms with Gasteiger partial charge < -0.3 is 0 Å². The average molecular weight is 439 g/mol. The molecular formula is C23H26N4OS2. The maximum Gasteiger partial charge on any atom is 0.276 e. The summed E-state index contributed by atoms with van der Waals surface area (Å²) in [6.07, 6.45) is 6.49. The number of rotatable bonds is 7. The van der Waals surface area contributed by atoms with Crippen molar-refractivity contribution < 1.29 is 4.79 Å². The van der Waals surface area contributed by atoms with E-state index in [2.05, 4.69) is 42.8 Å². The molecule has 1 amide bonds. The lowest BCUT2D eigenvalue weighted by molar-refractivity contribution is -0.116. The molecule has 0 unspecified atom stereocenters. The number of nitrogens with one attached hydrogen (secondary N) is 1. The number of benzene rings is 2. The van der Waals surface area contributed by atoms with Crippen LogP contribution in [0.1, 0.15) is 44.3 Å². The minimum Gasteiger partial charge on any atom is -0.298 e. The summed E-state index contributed by atoms with van der Waals surface area (Å²) in [7, 11) is 0. The minimum atomic E-state index is -0.354. The predicted molar refractivity (Wildman–Crippen MR) is 126 cm³/mol. The number of carbonyl (C=O) groups excluding carboxylic acids is 1. The van der Waals surface area contributed by atoms with Gasteiger partial charge in [-0.3, -0.25) is 15.1 Å². The van der Waals surface area contributed by atoms with E-state index in [1.807, 2.05) is 24.3 Å². The number of carbonyl (C=O) groups is 1. The normalized spacial score (nSPS) is 17.6. The van der Waals surface area contributed by atoms with Gasteiger partial charge in [-0.1, -0.05) is 68.3 Å². The lowest BCUT2D eigenvalue weighted by atomic mass is 10.1. The molecule has 2 heterocycles. The van der Waals surface area contributed by atoms with E-state index in [4.69, 9.17) is 10.1 Å². The molecule has 0 radical (unpaired) electrons. The number of unbranched alkanes of at least 4 members (excludes halogenated alkanes) is 3. The van der Waals surface area contributed by atoms with E-state index in [1.165, 1.54) is 24.2 Å². The number of hydrazone groups is 1. The van der Waals surface area contributed by atoms with Gasteiger partial charge in [0.2, 0.25) is 0 Å². The van der Waals surface area contributed by atoms with E-state index in [1.54, 1.807) is 28.5 Å². The highest BCUT2D eigenvalue weighted by Gasteiger charge is 2.34. The van der Waals surface area contributed by atoms with Gasteiger partial charge in [-0.05, 0) is 36.4 Å². The fourth-order valence-electron chi connectivity index (χ4n) is 3.58. The molecule has 0 aliphatic carbocycles. The van der Waals surface area contributed by atoms with Gasteiger partial charge in [0.1, 0.15) is 5.70 Å². The van der Waals surface area contributed by atoms with Crippen molar-refractivity contribution in [1.82, 2.24) is 10.3 Å². The number of amides is 1. The summed E-state index contributed by atoms with van der Waals surface area (Å²) in [6.45, 7) is 2.21. The summed E-state index contributed by atoms with van der Waals surface area (Å²) in [5.41, 5.74) is 1.58. The van der Waals surface area contributed by atoms with Gasteiger partial charge >= 0.3 is 0 Å². The van der Waals surface area contributed by atoms with Crippen molar-refractivity contribution in [2.45, 2.75) is 43.7 Å². The third kappa shape index (κ3) is 4.42. The van der Waals surface area contributed by atoms with E-state index in [0.29, 0.717) is 10.9 Å².